The van der Waals surface area contributed by atoms with Crippen LogP contribution in [0.25, 0.3) is 0 Å². The molecule has 0 atom stereocenters. The van der Waals surface area contributed by atoms with E-state index in [4.69, 9.17) is 4.74 Å². The van der Waals surface area contributed by atoms with Gasteiger partial charge in [-0.3, -0.25) is 9.48 Å². The number of carbonyl (C=O) groups is 1. The Morgan fingerprint density at radius 1 is 1.38 bits per heavy atom. The number of aromatic nitrogens is 2. The van der Waals surface area contributed by atoms with E-state index in [9.17, 15) is 4.79 Å². The third-order valence-electron chi connectivity index (χ3n) is 2.97. The number of benzene rings is 1. The van der Waals surface area contributed by atoms with Gasteiger partial charge >= 0.3 is 0 Å². The third kappa shape index (κ3) is 4.99. The van der Waals surface area contributed by atoms with E-state index in [-0.39, 0.29) is 5.91 Å². The van der Waals surface area contributed by atoms with Crippen molar-refractivity contribution in [1.29, 1.82) is 0 Å². The molecule has 2 rings (SSSR count). The molecule has 0 unspecified atom stereocenters. The van der Waals surface area contributed by atoms with Gasteiger partial charge in [-0.05, 0) is 40.0 Å². The number of halogens is 1. The smallest absolute Gasteiger partial charge is 0.251 e. The fourth-order valence-electron chi connectivity index (χ4n) is 1.89. The molecular formula is C15H18BrN3O2. The van der Waals surface area contributed by atoms with Crippen LogP contribution in [0.15, 0.2) is 41.1 Å². The lowest BCUT2D eigenvalue weighted by Gasteiger charge is -2.06. The number of hydrogen-bond acceptors (Lipinski definition) is 3. The molecule has 21 heavy (non-hydrogen) atoms. The molecule has 1 amide bonds. The second kappa shape index (κ2) is 7.95. The van der Waals surface area contributed by atoms with Crippen LogP contribution in [-0.4, -0.2) is 35.9 Å². The Bertz CT molecular complexity index is 581. The quantitative estimate of drug-likeness (QED) is 0.779. The van der Waals surface area contributed by atoms with Crippen molar-refractivity contribution in [2.75, 3.05) is 20.3 Å². The summed E-state index contributed by atoms with van der Waals surface area (Å²) >= 11 is 3.37. The Morgan fingerprint density at radius 2 is 2.14 bits per heavy atom. The van der Waals surface area contributed by atoms with Gasteiger partial charge < -0.3 is 10.1 Å². The van der Waals surface area contributed by atoms with Crippen LogP contribution in [0, 0.1) is 0 Å². The molecule has 2 aromatic rings. The summed E-state index contributed by atoms with van der Waals surface area (Å²) in [5.74, 6) is -0.0560. The number of nitrogens with one attached hydrogen (secondary N) is 1. The molecular weight excluding hydrogens is 334 g/mol. The maximum atomic E-state index is 11.9. The average molecular weight is 352 g/mol. The molecule has 6 heteroatoms. The highest BCUT2D eigenvalue weighted by molar-refractivity contribution is 9.10. The SMILES string of the molecule is COCCCNC(=O)c1ccc(Cn2cc(Br)cn2)cc1. The summed E-state index contributed by atoms with van der Waals surface area (Å²) in [6.07, 6.45) is 4.48. The van der Waals surface area contributed by atoms with Gasteiger partial charge in [-0.2, -0.15) is 5.10 Å². The average Bonchev–Trinajstić information content (AvgIpc) is 2.89. The first-order valence-electron chi connectivity index (χ1n) is 6.73. The maximum absolute atomic E-state index is 11.9. The Morgan fingerprint density at radius 3 is 2.76 bits per heavy atom. The van der Waals surface area contributed by atoms with Gasteiger partial charge in [-0.15, -0.1) is 0 Å². The highest BCUT2D eigenvalue weighted by atomic mass is 79.9. The minimum Gasteiger partial charge on any atom is -0.385 e. The molecule has 0 aliphatic rings. The number of hydrogen-bond donors (Lipinski definition) is 1. The number of carbonyl (C=O) groups excluding carboxylic acids is 1. The molecule has 0 saturated carbocycles. The zero-order chi connectivity index (χ0) is 15.1. The number of ether oxygens (including phenoxy) is 1. The van der Waals surface area contributed by atoms with Crippen LogP contribution >= 0.6 is 15.9 Å². The molecule has 0 bridgehead atoms. The van der Waals surface area contributed by atoms with Crippen LogP contribution in [0.3, 0.4) is 0 Å². The predicted octanol–water partition coefficient (Wildman–Crippen LogP) is 2.46. The van der Waals surface area contributed by atoms with E-state index >= 15 is 0 Å². The van der Waals surface area contributed by atoms with Crippen molar-refractivity contribution in [2.24, 2.45) is 0 Å². The summed E-state index contributed by atoms with van der Waals surface area (Å²) in [5, 5.41) is 7.07. The molecule has 1 aromatic carbocycles. The van der Waals surface area contributed by atoms with E-state index in [0.29, 0.717) is 25.3 Å². The van der Waals surface area contributed by atoms with Crippen molar-refractivity contribution in [2.45, 2.75) is 13.0 Å². The third-order valence-corrected chi connectivity index (χ3v) is 3.38. The van der Waals surface area contributed by atoms with Gasteiger partial charge in [0.15, 0.2) is 0 Å². The molecule has 5 nitrogen and oxygen atoms in total. The van der Waals surface area contributed by atoms with E-state index in [1.807, 2.05) is 35.1 Å². The van der Waals surface area contributed by atoms with E-state index in [2.05, 4.69) is 26.3 Å². The number of methoxy groups -OCH3 is 1. The molecule has 1 aromatic heterocycles. The Balaban J connectivity index is 1.87. The van der Waals surface area contributed by atoms with Gasteiger partial charge in [-0.25, -0.2) is 0 Å². The highest BCUT2D eigenvalue weighted by Crippen LogP contribution is 2.10. The summed E-state index contributed by atoms with van der Waals surface area (Å²) in [7, 11) is 1.65. The van der Waals surface area contributed by atoms with E-state index in [0.717, 1.165) is 16.5 Å². The molecule has 0 saturated heterocycles. The van der Waals surface area contributed by atoms with Gasteiger partial charge in [0.2, 0.25) is 0 Å². The predicted molar refractivity (Wildman–Crippen MR) is 84.3 cm³/mol. The van der Waals surface area contributed by atoms with Gasteiger partial charge in [0, 0.05) is 32.0 Å². The van der Waals surface area contributed by atoms with Crippen molar-refractivity contribution in [3.05, 3.63) is 52.3 Å². The van der Waals surface area contributed by atoms with Crippen molar-refractivity contribution in [1.82, 2.24) is 15.1 Å². The topological polar surface area (TPSA) is 56.1 Å². The van der Waals surface area contributed by atoms with Crippen molar-refractivity contribution < 1.29 is 9.53 Å². The van der Waals surface area contributed by atoms with Gasteiger partial charge in [0.1, 0.15) is 0 Å². The van der Waals surface area contributed by atoms with Gasteiger partial charge in [0.25, 0.3) is 5.91 Å². The standard InChI is InChI=1S/C15H18BrN3O2/c1-21-8-2-7-17-15(20)13-5-3-12(4-6-13)10-19-11-14(16)9-18-19/h3-6,9,11H,2,7-8,10H2,1H3,(H,17,20). The largest absolute Gasteiger partial charge is 0.385 e. The van der Waals surface area contributed by atoms with Crippen LogP contribution < -0.4 is 5.32 Å². The van der Waals surface area contributed by atoms with Crippen molar-refractivity contribution in [3.8, 4) is 0 Å². The molecule has 0 aliphatic carbocycles. The fraction of sp³-hybridized carbons (Fsp3) is 0.333. The summed E-state index contributed by atoms with van der Waals surface area (Å²) in [6.45, 7) is 1.95. The van der Waals surface area contributed by atoms with Crippen LogP contribution in [0.5, 0.6) is 0 Å². The summed E-state index contributed by atoms with van der Waals surface area (Å²) in [5.41, 5.74) is 1.76. The van der Waals surface area contributed by atoms with Crippen LogP contribution in [0.2, 0.25) is 0 Å². The Hall–Kier alpha value is -1.66. The second-order valence-electron chi connectivity index (χ2n) is 4.66. The van der Waals surface area contributed by atoms with Crippen molar-refractivity contribution >= 4 is 21.8 Å². The zero-order valence-corrected chi connectivity index (χ0v) is 13.5. The van der Waals surface area contributed by atoms with Crippen LogP contribution in [-0.2, 0) is 11.3 Å². The number of nitrogens with zero attached hydrogens (tertiary/aromatic N) is 2. The number of rotatable bonds is 7. The maximum Gasteiger partial charge on any atom is 0.251 e. The van der Waals surface area contributed by atoms with Crippen LogP contribution in [0.4, 0.5) is 0 Å². The lowest BCUT2D eigenvalue weighted by Crippen LogP contribution is -2.25. The lowest BCUT2D eigenvalue weighted by atomic mass is 10.1. The summed E-state index contributed by atoms with van der Waals surface area (Å²) in [4.78, 5) is 11.9. The highest BCUT2D eigenvalue weighted by Gasteiger charge is 2.05. The zero-order valence-electron chi connectivity index (χ0n) is 11.9. The Labute approximate surface area is 132 Å². The second-order valence-corrected chi connectivity index (χ2v) is 5.57. The first-order valence-corrected chi connectivity index (χ1v) is 7.52. The minimum absolute atomic E-state index is 0.0560. The van der Waals surface area contributed by atoms with E-state index in [1.165, 1.54) is 0 Å². The fourth-order valence-corrected chi connectivity index (χ4v) is 2.22. The molecule has 0 aliphatic heterocycles. The van der Waals surface area contributed by atoms with Crippen LogP contribution in [0.1, 0.15) is 22.3 Å². The molecule has 1 heterocycles. The van der Waals surface area contributed by atoms with E-state index in [1.54, 1.807) is 13.3 Å². The molecule has 1 N–H and O–H groups in total. The lowest BCUT2D eigenvalue weighted by molar-refractivity contribution is 0.0948. The van der Waals surface area contributed by atoms with Gasteiger partial charge in [-0.1, -0.05) is 12.1 Å². The summed E-state index contributed by atoms with van der Waals surface area (Å²) < 4.78 is 7.73. The first-order chi connectivity index (χ1) is 10.2. The molecule has 0 spiro atoms. The molecule has 0 fully saturated rings. The van der Waals surface area contributed by atoms with E-state index < -0.39 is 0 Å². The number of amides is 1. The van der Waals surface area contributed by atoms with Gasteiger partial charge in [0.05, 0.1) is 17.2 Å². The summed E-state index contributed by atoms with van der Waals surface area (Å²) in [6, 6.07) is 7.55. The molecule has 0 radical (unpaired) electrons. The Kier molecular flexibility index (Phi) is 5.95. The monoisotopic (exact) mass is 351 g/mol. The normalized spacial score (nSPS) is 10.6. The van der Waals surface area contributed by atoms with Crippen molar-refractivity contribution in [3.63, 3.8) is 0 Å². The minimum atomic E-state index is -0.0560. The first kappa shape index (κ1) is 15.7. The molecule has 112 valence electrons.